The number of ketones is 1. The van der Waals surface area contributed by atoms with Gasteiger partial charge in [-0.05, 0) is 12.1 Å². The topological polar surface area (TPSA) is 88.8 Å². The number of hydrogen-bond donors (Lipinski definition) is 2. The summed E-state index contributed by atoms with van der Waals surface area (Å²) in [5, 5.41) is 0. The van der Waals surface area contributed by atoms with Crippen LogP contribution in [0.25, 0.3) is 0 Å². The summed E-state index contributed by atoms with van der Waals surface area (Å²) in [5.74, 6) is -0.298. The van der Waals surface area contributed by atoms with E-state index in [-0.39, 0.29) is 17.2 Å². The minimum Gasteiger partial charge on any atom is -0.384 e. The number of nitrogens with zero attached hydrogens (tertiary/aromatic N) is 1. The van der Waals surface area contributed by atoms with Gasteiger partial charge in [0.1, 0.15) is 5.82 Å². The third-order valence-corrected chi connectivity index (χ3v) is 3.11. The Morgan fingerprint density at radius 1 is 1.50 bits per heavy atom. The molecule has 0 bridgehead atoms. The summed E-state index contributed by atoms with van der Waals surface area (Å²) in [6, 6.07) is 3.22. The number of halogens is 1. The van der Waals surface area contributed by atoms with Crippen molar-refractivity contribution in [3.63, 3.8) is 0 Å². The Hall–Kier alpha value is -1.66. The summed E-state index contributed by atoms with van der Waals surface area (Å²) in [6.45, 7) is 0. The van der Waals surface area contributed by atoms with Crippen LogP contribution >= 0.6 is 22.9 Å². The standard InChI is InChI=1S/C9H6ClN3O2S/c10-6-2-1-5(16-6)7(14)4-3-12-9(15)13-8(4)11/h1-3H,(H3,11,12,13,15). The lowest BCUT2D eigenvalue weighted by Gasteiger charge is -2.00. The molecule has 7 heteroatoms. The lowest BCUT2D eigenvalue weighted by atomic mass is 10.2. The Balaban J connectivity index is 2.45. The van der Waals surface area contributed by atoms with E-state index in [0.717, 1.165) is 17.5 Å². The van der Waals surface area contributed by atoms with Crippen molar-refractivity contribution in [3.8, 4) is 0 Å². The zero-order chi connectivity index (χ0) is 11.7. The Kier molecular flexibility index (Phi) is 2.76. The van der Waals surface area contributed by atoms with Crippen LogP contribution in [-0.4, -0.2) is 15.8 Å². The van der Waals surface area contributed by atoms with Gasteiger partial charge in [0.15, 0.2) is 0 Å². The van der Waals surface area contributed by atoms with E-state index in [4.69, 9.17) is 17.3 Å². The molecule has 5 nitrogen and oxygen atoms in total. The molecule has 0 spiro atoms. The zero-order valence-electron chi connectivity index (χ0n) is 7.86. The molecule has 0 unspecified atom stereocenters. The van der Waals surface area contributed by atoms with Crippen LogP contribution in [0.5, 0.6) is 0 Å². The van der Waals surface area contributed by atoms with Crippen molar-refractivity contribution in [1.29, 1.82) is 0 Å². The maximum absolute atomic E-state index is 11.9. The second-order valence-corrected chi connectivity index (χ2v) is 4.66. The zero-order valence-corrected chi connectivity index (χ0v) is 9.43. The number of carbonyl (C=O) groups is 1. The minimum absolute atomic E-state index is 0.00882. The van der Waals surface area contributed by atoms with E-state index < -0.39 is 5.69 Å². The number of nitrogens with one attached hydrogen (secondary N) is 1. The molecule has 2 aromatic rings. The van der Waals surface area contributed by atoms with Gasteiger partial charge in [-0.1, -0.05) is 11.6 Å². The number of aromatic amines is 1. The molecule has 0 amide bonds. The fourth-order valence-corrected chi connectivity index (χ4v) is 2.15. The highest BCUT2D eigenvalue weighted by Crippen LogP contribution is 2.24. The summed E-state index contributed by atoms with van der Waals surface area (Å²) in [4.78, 5) is 28.9. The Bertz CT molecular complexity index is 605. The molecule has 0 aliphatic carbocycles. The summed E-state index contributed by atoms with van der Waals surface area (Å²) < 4.78 is 0.513. The van der Waals surface area contributed by atoms with Crippen LogP contribution in [0.4, 0.5) is 5.82 Å². The average molecular weight is 256 g/mol. The lowest BCUT2D eigenvalue weighted by molar-refractivity contribution is 0.104. The van der Waals surface area contributed by atoms with Crippen LogP contribution in [0.2, 0.25) is 4.34 Å². The molecule has 0 atom stereocenters. The average Bonchev–Trinajstić information content (AvgIpc) is 2.64. The van der Waals surface area contributed by atoms with Gasteiger partial charge in [0.05, 0.1) is 14.8 Å². The van der Waals surface area contributed by atoms with E-state index in [1.807, 2.05) is 0 Å². The first-order valence-electron chi connectivity index (χ1n) is 4.23. The second-order valence-electron chi connectivity index (χ2n) is 2.95. The first kappa shape index (κ1) is 10.8. The summed E-state index contributed by atoms with van der Waals surface area (Å²) in [6.07, 6.45) is 1.16. The molecular weight excluding hydrogens is 250 g/mol. The van der Waals surface area contributed by atoms with Crippen LogP contribution in [0.1, 0.15) is 15.2 Å². The van der Waals surface area contributed by atoms with Gasteiger partial charge in [-0.2, -0.15) is 0 Å². The van der Waals surface area contributed by atoms with E-state index in [1.165, 1.54) is 0 Å². The van der Waals surface area contributed by atoms with Gasteiger partial charge in [-0.25, -0.2) is 9.78 Å². The molecule has 16 heavy (non-hydrogen) atoms. The van der Waals surface area contributed by atoms with Crippen LogP contribution in [-0.2, 0) is 0 Å². The maximum Gasteiger partial charge on any atom is 0.346 e. The van der Waals surface area contributed by atoms with Crippen molar-refractivity contribution in [2.24, 2.45) is 0 Å². The maximum atomic E-state index is 11.9. The molecule has 2 heterocycles. The summed E-state index contributed by atoms with van der Waals surface area (Å²) in [5.41, 5.74) is 5.10. The molecule has 2 rings (SSSR count). The number of carbonyl (C=O) groups excluding carboxylic acids is 1. The van der Waals surface area contributed by atoms with Crippen molar-refractivity contribution >= 4 is 34.5 Å². The predicted octanol–water partition coefficient (Wildman–Crippen LogP) is 1.30. The van der Waals surface area contributed by atoms with E-state index in [9.17, 15) is 9.59 Å². The minimum atomic E-state index is -0.585. The Labute approximate surface area is 98.9 Å². The number of nitrogens with two attached hydrogens (primary N) is 1. The van der Waals surface area contributed by atoms with Crippen LogP contribution in [0, 0.1) is 0 Å². The fourth-order valence-electron chi connectivity index (χ4n) is 1.16. The van der Waals surface area contributed by atoms with E-state index in [2.05, 4.69) is 9.97 Å². The number of thiophene rings is 1. The first-order chi connectivity index (χ1) is 7.58. The van der Waals surface area contributed by atoms with Gasteiger partial charge in [0.2, 0.25) is 5.78 Å². The first-order valence-corrected chi connectivity index (χ1v) is 5.42. The van der Waals surface area contributed by atoms with E-state index in [1.54, 1.807) is 12.1 Å². The smallest absolute Gasteiger partial charge is 0.346 e. The largest absolute Gasteiger partial charge is 0.384 e. The van der Waals surface area contributed by atoms with Gasteiger partial charge in [-0.3, -0.25) is 9.78 Å². The number of aromatic nitrogens is 2. The van der Waals surface area contributed by atoms with Gasteiger partial charge >= 0.3 is 5.69 Å². The Morgan fingerprint density at radius 2 is 2.25 bits per heavy atom. The molecule has 82 valence electrons. The fraction of sp³-hybridized carbons (Fsp3) is 0. The molecule has 0 saturated heterocycles. The summed E-state index contributed by atoms with van der Waals surface area (Å²) >= 11 is 6.86. The molecular formula is C9H6ClN3O2S. The third kappa shape index (κ3) is 1.98. The molecule has 0 aliphatic rings. The van der Waals surface area contributed by atoms with Crippen molar-refractivity contribution < 1.29 is 4.79 Å². The Morgan fingerprint density at radius 3 is 2.81 bits per heavy atom. The van der Waals surface area contributed by atoms with Crippen LogP contribution in [0.15, 0.2) is 23.1 Å². The highest BCUT2D eigenvalue weighted by atomic mass is 35.5. The monoisotopic (exact) mass is 255 g/mol. The quantitative estimate of drug-likeness (QED) is 0.792. The predicted molar refractivity (Wildman–Crippen MR) is 62.0 cm³/mol. The lowest BCUT2D eigenvalue weighted by Crippen LogP contribution is -2.16. The number of rotatable bonds is 2. The molecule has 0 saturated carbocycles. The van der Waals surface area contributed by atoms with Crippen LogP contribution in [0.3, 0.4) is 0 Å². The van der Waals surface area contributed by atoms with Gasteiger partial charge in [-0.15, -0.1) is 11.3 Å². The number of H-pyrrole nitrogens is 1. The number of hydrogen-bond acceptors (Lipinski definition) is 5. The normalized spacial score (nSPS) is 10.3. The van der Waals surface area contributed by atoms with Gasteiger partial charge in [0.25, 0.3) is 0 Å². The van der Waals surface area contributed by atoms with Gasteiger partial charge in [0, 0.05) is 6.20 Å². The van der Waals surface area contributed by atoms with E-state index in [0.29, 0.717) is 9.21 Å². The third-order valence-electron chi connectivity index (χ3n) is 1.88. The van der Waals surface area contributed by atoms with Crippen LogP contribution < -0.4 is 11.4 Å². The molecule has 0 aliphatic heterocycles. The molecule has 0 radical (unpaired) electrons. The molecule has 0 aromatic carbocycles. The second kappa shape index (κ2) is 4.07. The van der Waals surface area contributed by atoms with Crippen molar-refractivity contribution in [2.75, 3.05) is 5.73 Å². The molecule has 2 aromatic heterocycles. The highest BCUT2D eigenvalue weighted by molar-refractivity contribution is 7.18. The number of anilines is 1. The molecule has 3 N–H and O–H groups in total. The van der Waals surface area contributed by atoms with Gasteiger partial charge < -0.3 is 5.73 Å². The SMILES string of the molecule is Nc1[nH]c(=O)ncc1C(=O)c1ccc(Cl)s1. The number of nitrogen functional groups attached to an aromatic ring is 1. The van der Waals surface area contributed by atoms with Crippen molar-refractivity contribution in [2.45, 2.75) is 0 Å². The molecule has 0 fully saturated rings. The summed E-state index contributed by atoms with van der Waals surface area (Å²) in [7, 11) is 0. The highest BCUT2D eigenvalue weighted by Gasteiger charge is 2.15. The van der Waals surface area contributed by atoms with Crippen molar-refractivity contribution in [1.82, 2.24) is 9.97 Å². The van der Waals surface area contributed by atoms with Crippen molar-refractivity contribution in [3.05, 3.63) is 43.6 Å². The van der Waals surface area contributed by atoms with E-state index >= 15 is 0 Å².